The van der Waals surface area contributed by atoms with Crippen molar-refractivity contribution in [2.24, 2.45) is 0 Å². The van der Waals surface area contributed by atoms with Gasteiger partial charge in [-0.2, -0.15) is 0 Å². The summed E-state index contributed by atoms with van der Waals surface area (Å²) in [6.07, 6.45) is 2.90. The van der Waals surface area contributed by atoms with Crippen LogP contribution in [0.1, 0.15) is 35.1 Å². The first-order valence-corrected chi connectivity index (χ1v) is 10.3. The van der Waals surface area contributed by atoms with Crippen LogP contribution < -0.4 is 10.1 Å². The number of aryl methyl sites for hydroxylation is 1. The van der Waals surface area contributed by atoms with E-state index in [2.05, 4.69) is 35.3 Å². The third kappa shape index (κ3) is 5.01. The zero-order chi connectivity index (χ0) is 20.2. The van der Waals surface area contributed by atoms with Gasteiger partial charge in [-0.3, -0.25) is 4.90 Å². The van der Waals surface area contributed by atoms with Crippen molar-refractivity contribution in [3.63, 3.8) is 0 Å². The molecule has 154 valence electrons. The summed E-state index contributed by atoms with van der Waals surface area (Å²) < 4.78 is 10.8. The maximum absolute atomic E-state index is 11.2. The van der Waals surface area contributed by atoms with Gasteiger partial charge in [0.25, 0.3) is 0 Å². The van der Waals surface area contributed by atoms with Crippen molar-refractivity contribution in [2.45, 2.75) is 38.8 Å². The Bertz CT molecular complexity index is 877. The molecule has 4 rings (SSSR count). The number of benzene rings is 2. The first-order valence-electron chi connectivity index (χ1n) is 10.3. The van der Waals surface area contributed by atoms with E-state index in [9.17, 15) is 9.90 Å². The van der Waals surface area contributed by atoms with Gasteiger partial charge in [-0.25, -0.2) is 4.79 Å². The van der Waals surface area contributed by atoms with E-state index in [-0.39, 0.29) is 11.8 Å². The van der Waals surface area contributed by atoms with E-state index in [1.54, 1.807) is 12.1 Å². The van der Waals surface area contributed by atoms with Gasteiger partial charge in [0.2, 0.25) is 0 Å². The Kier molecular flexibility index (Phi) is 5.90. The smallest absolute Gasteiger partial charge is 0.407 e. The predicted molar refractivity (Wildman–Crippen MR) is 110 cm³/mol. The number of phenols is 1. The van der Waals surface area contributed by atoms with Crippen LogP contribution in [0.3, 0.4) is 0 Å². The highest BCUT2D eigenvalue weighted by molar-refractivity contribution is 5.69. The molecule has 0 spiro atoms. The molecule has 0 radical (unpaired) electrons. The third-order valence-electron chi connectivity index (χ3n) is 5.62. The van der Waals surface area contributed by atoms with Crippen LogP contribution in [0.4, 0.5) is 4.79 Å². The van der Waals surface area contributed by atoms with Gasteiger partial charge in [0.05, 0.1) is 0 Å². The fourth-order valence-electron chi connectivity index (χ4n) is 3.98. The summed E-state index contributed by atoms with van der Waals surface area (Å²) in [6.45, 7) is 6.19. The molecule has 0 aliphatic carbocycles. The number of hydrogen-bond acceptors (Lipinski definition) is 5. The quantitative estimate of drug-likeness (QED) is 0.751. The fourth-order valence-corrected chi connectivity index (χ4v) is 3.98. The number of aromatic hydroxyl groups is 1. The predicted octanol–water partition coefficient (Wildman–Crippen LogP) is 3.37. The molecule has 1 amide bonds. The van der Waals surface area contributed by atoms with E-state index in [4.69, 9.17) is 9.47 Å². The molecule has 2 N–H and O–H groups in total. The second kappa shape index (κ2) is 8.74. The van der Waals surface area contributed by atoms with Crippen LogP contribution in [0.5, 0.6) is 11.5 Å². The molecule has 1 atom stereocenters. The minimum Gasteiger partial charge on any atom is -0.508 e. The lowest BCUT2D eigenvalue weighted by molar-refractivity contribution is 0.174. The molecule has 6 nitrogen and oxygen atoms in total. The first-order chi connectivity index (χ1) is 14.1. The highest BCUT2D eigenvalue weighted by atomic mass is 16.6. The Hall–Kier alpha value is -2.73. The van der Waals surface area contributed by atoms with E-state index < -0.39 is 6.09 Å². The molecule has 2 aromatic carbocycles. The van der Waals surface area contributed by atoms with E-state index in [0.29, 0.717) is 25.4 Å². The number of nitrogens with one attached hydrogen (secondary N) is 1. The topological polar surface area (TPSA) is 71.0 Å². The lowest BCUT2D eigenvalue weighted by Gasteiger charge is -2.18. The van der Waals surface area contributed by atoms with Crippen molar-refractivity contribution in [3.8, 4) is 11.5 Å². The average Bonchev–Trinajstić information content (AvgIpc) is 3.36. The lowest BCUT2D eigenvalue weighted by atomic mass is 9.99. The molecule has 29 heavy (non-hydrogen) atoms. The Labute approximate surface area is 171 Å². The number of nitrogens with zero attached hydrogens (tertiary/aromatic N) is 1. The molecule has 6 heteroatoms. The summed E-state index contributed by atoms with van der Waals surface area (Å²) in [5, 5.41) is 12.6. The largest absolute Gasteiger partial charge is 0.508 e. The van der Waals surface area contributed by atoms with Crippen LogP contribution in [0, 0.1) is 6.92 Å². The molecule has 1 unspecified atom stereocenters. The number of phenolic OH excluding ortho intramolecular Hbond substituents is 1. The molecular formula is C23H28N2O4. The Balaban J connectivity index is 1.44. The van der Waals surface area contributed by atoms with Crippen LogP contribution in [-0.2, 0) is 17.7 Å². The average molecular weight is 396 g/mol. The monoisotopic (exact) mass is 396 g/mol. The number of amides is 1. The van der Waals surface area contributed by atoms with Crippen molar-refractivity contribution >= 4 is 6.09 Å². The normalized spacial score (nSPS) is 19.2. The number of rotatable bonds is 7. The fraction of sp³-hybridized carbons (Fsp3) is 0.435. The van der Waals surface area contributed by atoms with Crippen LogP contribution in [0.25, 0.3) is 0 Å². The van der Waals surface area contributed by atoms with E-state index >= 15 is 0 Å². The van der Waals surface area contributed by atoms with Gasteiger partial charge in [-0.1, -0.05) is 24.3 Å². The Morgan fingerprint density at radius 3 is 2.69 bits per heavy atom. The zero-order valence-corrected chi connectivity index (χ0v) is 16.8. The van der Waals surface area contributed by atoms with Crippen LogP contribution in [0.2, 0.25) is 0 Å². The first kappa shape index (κ1) is 19.6. The molecule has 0 bridgehead atoms. The van der Waals surface area contributed by atoms with Crippen molar-refractivity contribution < 1.29 is 19.4 Å². The summed E-state index contributed by atoms with van der Waals surface area (Å²) in [4.78, 5) is 13.7. The molecule has 0 saturated carbocycles. The highest BCUT2D eigenvalue weighted by Crippen LogP contribution is 2.28. The number of hydrogen-bond donors (Lipinski definition) is 2. The van der Waals surface area contributed by atoms with Gasteiger partial charge in [-0.05, 0) is 61.2 Å². The maximum Gasteiger partial charge on any atom is 0.407 e. The minimum absolute atomic E-state index is 0.160. The second-order valence-corrected chi connectivity index (χ2v) is 7.96. The third-order valence-corrected chi connectivity index (χ3v) is 5.62. The van der Waals surface area contributed by atoms with Gasteiger partial charge in [0.15, 0.2) is 0 Å². The molecular weight excluding hydrogens is 368 g/mol. The molecule has 2 aromatic rings. The molecule has 2 heterocycles. The van der Waals surface area contributed by atoms with E-state index in [1.807, 2.05) is 6.07 Å². The molecule has 2 saturated heterocycles. The number of carbonyl (C=O) groups excluding carboxylic acids is 1. The van der Waals surface area contributed by atoms with Gasteiger partial charge < -0.3 is 19.9 Å². The Morgan fingerprint density at radius 1 is 1.17 bits per heavy atom. The highest BCUT2D eigenvalue weighted by Gasteiger charge is 2.23. The number of likely N-dealkylation sites (tertiary alicyclic amines) is 1. The molecule has 2 aliphatic rings. The van der Waals surface area contributed by atoms with Crippen molar-refractivity contribution in [1.29, 1.82) is 0 Å². The minimum atomic E-state index is -0.417. The second-order valence-electron chi connectivity index (χ2n) is 7.96. The lowest BCUT2D eigenvalue weighted by Crippen LogP contribution is -2.32. The Morgan fingerprint density at radius 2 is 1.97 bits per heavy atom. The summed E-state index contributed by atoms with van der Waals surface area (Å²) in [5.41, 5.74) is 4.90. The standard InChI is InChI=1S/C23H28N2O4/c1-16-10-17(4-5-19(16)13-25-8-2-3-9-25)11-18-6-7-21(26)12-22(18)28-14-20-15-29-23(27)24-20/h4-7,10,12,20,26H,2-3,8-9,11,13-15H2,1H3,(H,24,27). The number of carbonyl (C=O) groups is 1. The van der Waals surface area contributed by atoms with Crippen molar-refractivity contribution in [2.75, 3.05) is 26.3 Å². The number of alkyl carbamates (subject to hydrolysis) is 1. The van der Waals surface area contributed by atoms with Crippen molar-refractivity contribution in [3.05, 3.63) is 58.7 Å². The summed E-state index contributed by atoms with van der Waals surface area (Å²) in [6, 6.07) is 11.7. The van der Waals surface area contributed by atoms with Gasteiger partial charge in [0.1, 0.15) is 30.8 Å². The number of cyclic esters (lactones) is 1. The molecule has 0 aromatic heterocycles. The summed E-state index contributed by atoms with van der Waals surface area (Å²) in [7, 11) is 0. The van der Waals surface area contributed by atoms with Crippen LogP contribution >= 0.6 is 0 Å². The van der Waals surface area contributed by atoms with E-state index in [1.165, 1.54) is 42.6 Å². The SMILES string of the molecule is Cc1cc(Cc2ccc(O)cc2OCC2COC(=O)N2)ccc1CN1CCCC1. The summed E-state index contributed by atoms with van der Waals surface area (Å²) >= 11 is 0. The number of ether oxygens (including phenoxy) is 2. The van der Waals surface area contributed by atoms with Gasteiger partial charge in [-0.15, -0.1) is 0 Å². The molecule has 2 fully saturated rings. The van der Waals surface area contributed by atoms with Gasteiger partial charge >= 0.3 is 6.09 Å². The summed E-state index contributed by atoms with van der Waals surface area (Å²) in [5.74, 6) is 0.789. The molecule has 2 aliphatic heterocycles. The van der Waals surface area contributed by atoms with Crippen molar-refractivity contribution in [1.82, 2.24) is 10.2 Å². The van der Waals surface area contributed by atoms with E-state index in [0.717, 1.165) is 12.1 Å². The van der Waals surface area contributed by atoms with Crippen LogP contribution in [-0.4, -0.2) is 48.4 Å². The zero-order valence-electron chi connectivity index (χ0n) is 16.8. The van der Waals surface area contributed by atoms with Gasteiger partial charge in [0, 0.05) is 19.0 Å². The maximum atomic E-state index is 11.2. The van der Waals surface area contributed by atoms with Crippen LogP contribution in [0.15, 0.2) is 36.4 Å².